The summed E-state index contributed by atoms with van der Waals surface area (Å²) in [6.45, 7) is 15.2. The van der Waals surface area contributed by atoms with Crippen molar-refractivity contribution in [1.82, 2.24) is 9.80 Å². The molecule has 0 saturated heterocycles. The fraction of sp³-hybridized carbons (Fsp3) is 0.940. The van der Waals surface area contributed by atoms with Gasteiger partial charge in [-0.05, 0) is 96.2 Å². The second kappa shape index (κ2) is 41.1. The second-order valence-corrected chi connectivity index (χ2v) is 19.6. The largest absolute Gasteiger partial charge is 0.466 e. The first kappa shape index (κ1) is 56.7. The van der Waals surface area contributed by atoms with Crippen LogP contribution in [0.5, 0.6) is 0 Å². The van der Waals surface area contributed by atoms with Crippen LogP contribution in [-0.2, 0) is 19.1 Å². The van der Waals surface area contributed by atoms with Crippen LogP contribution in [-0.4, -0.2) is 79.7 Å². The van der Waals surface area contributed by atoms with E-state index in [-0.39, 0.29) is 22.6 Å². The Bertz CT molecular complexity index is 931. The minimum absolute atomic E-state index is 0.0253. The van der Waals surface area contributed by atoms with Crippen LogP contribution < -0.4 is 0 Å². The van der Waals surface area contributed by atoms with Gasteiger partial charge in [0.1, 0.15) is 0 Å². The third kappa shape index (κ3) is 38.9. The van der Waals surface area contributed by atoms with Crippen molar-refractivity contribution in [1.29, 1.82) is 0 Å². The van der Waals surface area contributed by atoms with Crippen molar-refractivity contribution < 1.29 is 23.9 Å². The average Bonchev–Trinajstić information content (AvgIpc) is 3.19. The number of hydrogen-bond acceptors (Lipinski definition) is 7. The first-order chi connectivity index (χ1) is 28.0. The summed E-state index contributed by atoms with van der Waals surface area (Å²) in [6, 6.07) is 0. The number of esters is 2. The molecule has 0 spiro atoms. The molecule has 0 aromatic heterocycles. The molecular formula is C50H98N2O5S. The number of carbonyl (C=O) groups excluding carboxylic acids is 3. The molecule has 0 heterocycles. The number of carbonyl (C=O) groups is 3. The van der Waals surface area contributed by atoms with Gasteiger partial charge in [0.15, 0.2) is 0 Å². The average molecular weight is 839 g/mol. The van der Waals surface area contributed by atoms with Crippen LogP contribution in [0.1, 0.15) is 240 Å². The van der Waals surface area contributed by atoms with E-state index in [2.05, 4.69) is 58.5 Å². The van der Waals surface area contributed by atoms with E-state index in [9.17, 15) is 14.4 Å². The zero-order chi connectivity index (χ0) is 43.0. The lowest BCUT2D eigenvalue weighted by molar-refractivity contribution is -0.145. The first-order valence-electron chi connectivity index (χ1n) is 24.9. The van der Waals surface area contributed by atoms with E-state index in [1.165, 1.54) is 121 Å². The number of ether oxygens (including phenoxy) is 2. The van der Waals surface area contributed by atoms with Crippen molar-refractivity contribution in [3.63, 3.8) is 0 Å². The second-order valence-electron chi connectivity index (χ2n) is 18.5. The number of amides is 1. The van der Waals surface area contributed by atoms with E-state index >= 15 is 0 Å². The highest BCUT2D eigenvalue weighted by Crippen LogP contribution is 2.29. The van der Waals surface area contributed by atoms with Gasteiger partial charge in [0, 0.05) is 31.7 Å². The van der Waals surface area contributed by atoms with Crippen LogP contribution in [0.15, 0.2) is 0 Å². The van der Waals surface area contributed by atoms with Crippen molar-refractivity contribution in [2.24, 2.45) is 11.3 Å². The molecule has 1 amide bonds. The summed E-state index contributed by atoms with van der Waals surface area (Å²) in [7, 11) is 4.20. The van der Waals surface area contributed by atoms with Gasteiger partial charge in [-0.3, -0.25) is 14.4 Å². The Kier molecular flexibility index (Phi) is 40.2. The molecule has 8 heteroatoms. The predicted molar refractivity (Wildman–Crippen MR) is 252 cm³/mol. The lowest BCUT2D eigenvalue weighted by Crippen LogP contribution is -2.32. The molecule has 344 valence electrons. The normalized spacial score (nSPS) is 11.8. The number of rotatable bonds is 43. The van der Waals surface area contributed by atoms with Crippen LogP contribution in [0.2, 0.25) is 0 Å². The van der Waals surface area contributed by atoms with E-state index in [4.69, 9.17) is 9.47 Å². The summed E-state index contributed by atoms with van der Waals surface area (Å²) in [5.41, 5.74) is 0.106. The molecule has 7 nitrogen and oxygen atoms in total. The van der Waals surface area contributed by atoms with Crippen molar-refractivity contribution >= 4 is 28.9 Å². The van der Waals surface area contributed by atoms with Crippen molar-refractivity contribution in [3.05, 3.63) is 0 Å². The molecule has 0 radical (unpaired) electrons. The van der Waals surface area contributed by atoms with E-state index in [0.717, 1.165) is 109 Å². The highest BCUT2D eigenvalue weighted by molar-refractivity contribution is 8.13. The highest BCUT2D eigenvalue weighted by atomic mass is 32.2. The van der Waals surface area contributed by atoms with Crippen LogP contribution in [0.4, 0.5) is 4.79 Å². The molecule has 0 fully saturated rings. The number of thioether (sulfide) groups is 1. The molecule has 0 saturated carbocycles. The van der Waals surface area contributed by atoms with Gasteiger partial charge in [-0.2, -0.15) is 0 Å². The molecule has 0 bridgehead atoms. The Hall–Kier alpha value is -1.28. The molecular weight excluding hydrogens is 741 g/mol. The Labute approximate surface area is 365 Å². The maximum absolute atomic E-state index is 13.4. The van der Waals surface area contributed by atoms with Crippen LogP contribution in [0, 0.1) is 11.3 Å². The molecule has 0 aliphatic rings. The van der Waals surface area contributed by atoms with Crippen molar-refractivity contribution in [3.8, 4) is 0 Å². The van der Waals surface area contributed by atoms with E-state index in [1.807, 2.05) is 0 Å². The minimum atomic E-state index is -0.0566. The number of nitrogens with zero attached hydrogens (tertiary/aromatic N) is 2. The zero-order valence-corrected chi connectivity index (χ0v) is 40.6. The van der Waals surface area contributed by atoms with Gasteiger partial charge in [0.25, 0.3) is 5.24 Å². The third-order valence-electron chi connectivity index (χ3n) is 11.8. The fourth-order valence-corrected chi connectivity index (χ4v) is 8.49. The third-order valence-corrected chi connectivity index (χ3v) is 12.8. The van der Waals surface area contributed by atoms with Gasteiger partial charge in [0.05, 0.1) is 13.2 Å². The van der Waals surface area contributed by atoms with Gasteiger partial charge < -0.3 is 19.3 Å². The van der Waals surface area contributed by atoms with Gasteiger partial charge in [0.2, 0.25) is 0 Å². The smallest absolute Gasteiger partial charge is 0.305 e. The Morgan fingerprint density at radius 2 is 1.00 bits per heavy atom. The summed E-state index contributed by atoms with van der Waals surface area (Å²) in [6.07, 6.45) is 36.0. The summed E-state index contributed by atoms with van der Waals surface area (Å²) in [5.74, 6) is 1.30. The van der Waals surface area contributed by atoms with E-state index in [0.29, 0.717) is 32.0 Å². The Balaban J connectivity index is 4.59. The maximum atomic E-state index is 13.4. The molecule has 0 rings (SSSR count). The molecule has 0 aliphatic carbocycles. The van der Waals surface area contributed by atoms with Gasteiger partial charge in [-0.1, -0.05) is 175 Å². The summed E-state index contributed by atoms with van der Waals surface area (Å²) < 4.78 is 11.3. The molecule has 0 atom stereocenters. The topological polar surface area (TPSA) is 76.1 Å². The molecule has 0 N–H and O–H groups in total. The summed E-state index contributed by atoms with van der Waals surface area (Å²) in [4.78, 5) is 42.6. The van der Waals surface area contributed by atoms with Crippen molar-refractivity contribution in [2.75, 3.05) is 52.7 Å². The molecule has 0 aromatic carbocycles. The standard InChI is InChI=1S/C50H98N2O5S/c1-8-11-14-17-18-24-32-43-56-47(53)37-28-29-38-50(4,5)39-42-52(49(55)58-44-33-31-40-51(6)7)41-30-23-19-22-27-36-48(54)57-45-46(34-25-20-15-12-9-2)35-26-21-16-13-10-3/h46H,8-45H2,1-7H3. The number of unbranched alkanes of at least 4 members (excludes halogenated alkanes) is 20. The Morgan fingerprint density at radius 3 is 1.59 bits per heavy atom. The van der Waals surface area contributed by atoms with Crippen molar-refractivity contribution in [2.45, 2.75) is 240 Å². The van der Waals surface area contributed by atoms with Crippen LogP contribution in [0.25, 0.3) is 0 Å². The first-order valence-corrected chi connectivity index (χ1v) is 25.9. The molecule has 0 aromatic rings. The Morgan fingerprint density at radius 1 is 0.517 bits per heavy atom. The maximum Gasteiger partial charge on any atom is 0.305 e. The van der Waals surface area contributed by atoms with E-state index < -0.39 is 0 Å². The zero-order valence-electron chi connectivity index (χ0n) is 39.8. The van der Waals surface area contributed by atoms with Gasteiger partial charge in [-0.15, -0.1) is 0 Å². The number of hydrogen-bond donors (Lipinski definition) is 0. The predicted octanol–water partition coefficient (Wildman–Crippen LogP) is 15.0. The molecule has 0 aliphatic heterocycles. The quantitative estimate of drug-likeness (QED) is 0.0447. The lowest BCUT2D eigenvalue weighted by Gasteiger charge is -2.29. The summed E-state index contributed by atoms with van der Waals surface area (Å²) >= 11 is 1.49. The van der Waals surface area contributed by atoms with Crippen LogP contribution in [0.3, 0.4) is 0 Å². The fourth-order valence-electron chi connectivity index (χ4n) is 7.60. The van der Waals surface area contributed by atoms with Gasteiger partial charge >= 0.3 is 11.9 Å². The molecule has 0 unspecified atom stereocenters. The van der Waals surface area contributed by atoms with Crippen LogP contribution >= 0.6 is 11.8 Å². The summed E-state index contributed by atoms with van der Waals surface area (Å²) in [5, 5.41) is 0.215. The molecule has 58 heavy (non-hydrogen) atoms. The SMILES string of the molecule is CCCCCCCCCOC(=O)CCCCC(C)(C)CCN(CCCCCCCC(=O)OCC(CCCCCCC)CCCCCCC)C(=O)SCCCCN(C)C. The highest BCUT2D eigenvalue weighted by Gasteiger charge is 2.22. The minimum Gasteiger partial charge on any atom is -0.466 e. The lowest BCUT2D eigenvalue weighted by atomic mass is 9.83. The van der Waals surface area contributed by atoms with Gasteiger partial charge in [-0.25, -0.2) is 0 Å². The monoisotopic (exact) mass is 839 g/mol. The van der Waals surface area contributed by atoms with E-state index in [1.54, 1.807) is 0 Å².